The number of carbonyl (C=O) groups excluding carboxylic acids is 1. The average molecular weight is 597 g/mol. The summed E-state index contributed by atoms with van der Waals surface area (Å²) in [6, 6.07) is 27.4. The standard InChI is InChI=1S/C34H29ClN2O6/c1-3-39-31-16-22(11-14-29(31)41-19-23-8-4-5-10-28(23)35)33-26-13-12-25(17-30(26)43-34(37)27(33)18-36)42-32(38)20-40-24-9-6-7-21(2)15-24/h4-17,33H,3,19-20,37H2,1-2H3. The van der Waals surface area contributed by atoms with Crippen LogP contribution in [0.25, 0.3) is 0 Å². The molecule has 43 heavy (non-hydrogen) atoms. The molecule has 1 aliphatic heterocycles. The van der Waals surface area contributed by atoms with Crippen molar-refractivity contribution in [3.05, 3.63) is 124 Å². The fraction of sp³-hybridized carbons (Fsp3) is 0.176. The Morgan fingerprint density at radius 2 is 1.79 bits per heavy atom. The van der Waals surface area contributed by atoms with Crippen LogP contribution >= 0.6 is 11.6 Å². The molecule has 0 aromatic heterocycles. The minimum absolute atomic E-state index is 0.0386. The first-order chi connectivity index (χ1) is 20.9. The topological polar surface area (TPSA) is 113 Å². The molecule has 1 atom stereocenters. The van der Waals surface area contributed by atoms with E-state index in [1.54, 1.807) is 36.4 Å². The minimum Gasteiger partial charge on any atom is -0.490 e. The van der Waals surface area contributed by atoms with E-state index in [1.807, 2.05) is 62.4 Å². The second-order valence-corrected chi connectivity index (χ2v) is 10.1. The van der Waals surface area contributed by atoms with Gasteiger partial charge in [0, 0.05) is 22.2 Å². The van der Waals surface area contributed by atoms with Gasteiger partial charge in [-0.3, -0.25) is 0 Å². The van der Waals surface area contributed by atoms with Crippen LogP contribution in [0.4, 0.5) is 0 Å². The van der Waals surface area contributed by atoms with Gasteiger partial charge in [0.2, 0.25) is 5.88 Å². The number of allylic oxidation sites excluding steroid dienone is 1. The second kappa shape index (κ2) is 13.2. The summed E-state index contributed by atoms with van der Waals surface area (Å²) < 4.78 is 28.8. The summed E-state index contributed by atoms with van der Waals surface area (Å²) in [7, 11) is 0. The Hall–Kier alpha value is -5.13. The first-order valence-electron chi connectivity index (χ1n) is 13.6. The number of nitrogens with zero attached hydrogens (tertiary/aromatic N) is 1. The van der Waals surface area contributed by atoms with Crippen LogP contribution in [0, 0.1) is 18.3 Å². The van der Waals surface area contributed by atoms with Gasteiger partial charge in [-0.1, -0.05) is 54.1 Å². The Morgan fingerprint density at radius 3 is 2.56 bits per heavy atom. The fourth-order valence-electron chi connectivity index (χ4n) is 4.71. The molecule has 1 aliphatic rings. The zero-order valence-electron chi connectivity index (χ0n) is 23.6. The molecule has 8 nitrogen and oxygen atoms in total. The lowest BCUT2D eigenvalue weighted by Crippen LogP contribution is -2.22. The van der Waals surface area contributed by atoms with Gasteiger partial charge in [-0.15, -0.1) is 0 Å². The number of carbonyl (C=O) groups is 1. The Kier molecular flexibility index (Phi) is 9.04. The molecule has 0 saturated heterocycles. The summed E-state index contributed by atoms with van der Waals surface area (Å²) in [5, 5.41) is 10.6. The van der Waals surface area contributed by atoms with Crippen LogP contribution < -0.4 is 29.4 Å². The van der Waals surface area contributed by atoms with Crippen LogP contribution in [-0.2, 0) is 11.4 Å². The third kappa shape index (κ3) is 6.85. The highest BCUT2D eigenvalue weighted by Gasteiger charge is 2.32. The Bertz CT molecular complexity index is 1730. The summed E-state index contributed by atoms with van der Waals surface area (Å²) in [6.07, 6.45) is 0. The summed E-state index contributed by atoms with van der Waals surface area (Å²) in [4.78, 5) is 12.5. The largest absolute Gasteiger partial charge is 0.490 e. The molecule has 0 spiro atoms. The van der Waals surface area contributed by atoms with Crippen molar-refractivity contribution in [3.63, 3.8) is 0 Å². The smallest absolute Gasteiger partial charge is 0.349 e. The third-order valence-corrected chi connectivity index (χ3v) is 7.08. The summed E-state index contributed by atoms with van der Waals surface area (Å²) >= 11 is 6.29. The van der Waals surface area contributed by atoms with E-state index in [9.17, 15) is 10.1 Å². The van der Waals surface area contributed by atoms with Gasteiger partial charge in [0.25, 0.3) is 0 Å². The first-order valence-corrected chi connectivity index (χ1v) is 14.0. The number of ether oxygens (including phenoxy) is 5. The van der Waals surface area contributed by atoms with E-state index in [0.29, 0.717) is 40.2 Å². The molecule has 1 unspecified atom stereocenters. The van der Waals surface area contributed by atoms with Gasteiger partial charge in [0.05, 0.1) is 12.5 Å². The zero-order chi connectivity index (χ0) is 30.3. The molecule has 5 rings (SSSR count). The lowest BCUT2D eigenvalue weighted by molar-refractivity contribution is -0.136. The summed E-state index contributed by atoms with van der Waals surface area (Å²) in [6.45, 7) is 4.21. The van der Waals surface area contributed by atoms with Crippen molar-refractivity contribution in [2.75, 3.05) is 13.2 Å². The highest BCUT2D eigenvalue weighted by molar-refractivity contribution is 6.31. The van der Waals surface area contributed by atoms with Crippen LogP contribution in [-0.4, -0.2) is 19.2 Å². The number of fused-ring (bicyclic) bond motifs is 1. The highest BCUT2D eigenvalue weighted by Crippen LogP contribution is 2.45. The molecule has 0 radical (unpaired) electrons. The maximum absolute atomic E-state index is 12.5. The van der Waals surface area contributed by atoms with Gasteiger partial charge in [-0.2, -0.15) is 5.26 Å². The quantitative estimate of drug-likeness (QED) is 0.157. The SMILES string of the molecule is CCOc1cc(C2C(C#N)=C(N)Oc3cc(OC(=O)COc4cccc(C)c4)ccc32)ccc1OCc1ccccc1Cl. The summed E-state index contributed by atoms with van der Waals surface area (Å²) in [5.41, 5.74) is 9.72. The van der Waals surface area contributed by atoms with E-state index in [4.69, 9.17) is 41.0 Å². The molecule has 0 aliphatic carbocycles. The van der Waals surface area contributed by atoms with Crippen LogP contribution in [0.5, 0.6) is 28.7 Å². The van der Waals surface area contributed by atoms with Gasteiger partial charge in [0.15, 0.2) is 18.1 Å². The van der Waals surface area contributed by atoms with Crippen molar-refractivity contribution in [3.8, 4) is 34.8 Å². The Balaban J connectivity index is 1.38. The number of nitrogens with two attached hydrogens (primary N) is 1. The molecule has 0 fully saturated rings. The van der Waals surface area contributed by atoms with Crippen molar-refractivity contribution >= 4 is 17.6 Å². The van der Waals surface area contributed by atoms with Gasteiger partial charge in [0.1, 0.15) is 35.5 Å². The first kappa shape index (κ1) is 29.4. The predicted octanol–water partition coefficient (Wildman–Crippen LogP) is 6.83. The Morgan fingerprint density at radius 1 is 0.953 bits per heavy atom. The number of hydrogen-bond donors (Lipinski definition) is 1. The average Bonchev–Trinajstić information content (AvgIpc) is 2.99. The number of halogens is 1. The normalized spacial score (nSPS) is 13.8. The fourth-order valence-corrected chi connectivity index (χ4v) is 4.90. The molecular formula is C34H29ClN2O6. The molecule has 0 amide bonds. The zero-order valence-corrected chi connectivity index (χ0v) is 24.4. The van der Waals surface area contributed by atoms with E-state index < -0.39 is 11.9 Å². The number of esters is 1. The van der Waals surface area contributed by atoms with Gasteiger partial charge < -0.3 is 29.4 Å². The van der Waals surface area contributed by atoms with E-state index in [0.717, 1.165) is 16.7 Å². The van der Waals surface area contributed by atoms with Crippen molar-refractivity contribution in [1.29, 1.82) is 5.26 Å². The monoisotopic (exact) mass is 596 g/mol. The van der Waals surface area contributed by atoms with Crippen molar-refractivity contribution < 1.29 is 28.5 Å². The second-order valence-electron chi connectivity index (χ2n) is 9.72. The maximum atomic E-state index is 12.5. The van der Waals surface area contributed by atoms with Crippen LogP contribution in [0.15, 0.2) is 96.4 Å². The highest BCUT2D eigenvalue weighted by atomic mass is 35.5. The Labute approximate surface area is 254 Å². The predicted molar refractivity (Wildman–Crippen MR) is 161 cm³/mol. The van der Waals surface area contributed by atoms with Crippen molar-refractivity contribution in [1.82, 2.24) is 0 Å². The molecule has 4 aromatic rings. The molecule has 0 saturated carbocycles. The molecule has 1 heterocycles. The summed E-state index contributed by atoms with van der Waals surface area (Å²) in [5.74, 6) is 1.05. The van der Waals surface area contributed by atoms with Crippen LogP contribution in [0.3, 0.4) is 0 Å². The van der Waals surface area contributed by atoms with Crippen LogP contribution in [0.1, 0.15) is 35.1 Å². The van der Waals surface area contributed by atoms with E-state index in [-0.39, 0.29) is 30.4 Å². The minimum atomic E-state index is -0.580. The van der Waals surface area contributed by atoms with Gasteiger partial charge in [-0.25, -0.2) is 4.79 Å². The van der Waals surface area contributed by atoms with E-state index in [1.165, 1.54) is 0 Å². The van der Waals surface area contributed by atoms with E-state index in [2.05, 4.69) is 6.07 Å². The molecule has 218 valence electrons. The molecule has 0 bridgehead atoms. The van der Waals surface area contributed by atoms with Crippen molar-refractivity contribution in [2.24, 2.45) is 5.73 Å². The molecule has 9 heteroatoms. The molecule has 2 N–H and O–H groups in total. The van der Waals surface area contributed by atoms with Crippen molar-refractivity contribution in [2.45, 2.75) is 26.4 Å². The lowest BCUT2D eigenvalue weighted by Gasteiger charge is -2.27. The van der Waals surface area contributed by atoms with E-state index >= 15 is 0 Å². The molecule has 4 aromatic carbocycles. The third-order valence-electron chi connectivity index (χ3n) is 6.71. The number of nitriles is 1. The number of hydrogen-bond acceptors (Lipinski definition) is 8. The number of aryl methyl sites for hydroxylation is 1. The van der Waals surface area contributed by atoms with Gasteiger partial charge >= 0.3 is 5.97 Å². The maximum Gasteiger partial charge on any atom is 0.349 e. The van der Waals surface area contributed by atoms with Crippen LogP contribution in [0.2, 0.25) is 5.02 Å². The lowest BCUT2D eigenvalue weighted by atomic mass is 9.83. The number of rotatable bonds is 10. The number of benzene rings is 4. The van der Waals surface area contributed by atoms with Gasteiger partial charge in [-0.05, 0) is 61.4 Å². The molecular weight excluding hydrogens is 568 g/mol.